The number of benzene rings is 1. The van der Waals surface area contributed by atoms with Gasteiger partial charge in [-0.1, -0.05) is 37.3 Å². The van der Waals surface area contributed by atoms with E-state index in [2.05, 4.69) is 60.9 Å². The van der Waals surface area contributed by atoms with E-state index in [1.165, 1.54) is 31.5 Å². The summed E-state index contributed by atoms with van der Waals surface area (Å²) in [5.74, 6) is 0.772. The molecule has 1 aromatic carbocycles. The lowest BCUT2D eigenvalue weighted by atomic mass is 9.96. The van der Waals surface area contributed by atoms with Gasteiger partial charge in [0.25, 0.3) is 0 Å². The molecule has 1 fully saturated rings. The Bertz CT molecular complexity index is 329. The van der Waals surface area contributed by atoms with E-state index in [0.717, 1.165) is 5.92 Å². The Morgan fingerprint density at radius 3 is 2.81 bits per heavy atom. The van der Waals surface area contributed by atoms with E-state index in [1.54, 1.807) is 0 Å². The molecule has 85 valence electrons. The summed E-state index contributed by atoms with van der Waals surface area (Å²) in [4.78, 5) is 2.43. The van der Waals surface area contributed by atoms with E-state index in [0.29, 0.717) is 0 Å². The third kappa shape index (κ3) is 3.13. The van der Waals surface area contributed by atoms with Crippen LogP contribution in [0.15, 0.2) is 36.5 Å². The van der Waals surface area contributed by atoms with Gasteiger partial charge < -0.3 is 4.90 Å². The predicted molar refractivity (Wildman–Crippen MR) is 69.7 cm³/mol. The van der Waals surface area contributed by atoms with E-state index in [-0.39, 0.29) is 0 Å². The van der Waals surface area contributed by atoms with Crippen LogP contribution in [-0.4, -0.2) is 18.0 Å². The molecule has 0 spiro atoms. The van der Waals surface area contributed by atoms with E-state index in [9.17, 15) is 0 Å². The van der Waals surface area contributed by atoms with Gasteiger partial charge in [-0.3, -0.25) is 0 Å². The van der Waals surface area contributed by atoms with Crippen molar-refractivity contribution in [1.29, 1.82) is 0 Å². The molecule has 0 amide bonds. The van der Waals surface area contributed by atoms with Gasteiger partial charge in [0.1, 0.15) is 0 Å². The highest BCUT2D eigenvalue weighted by molar-refractivity contribution is 5.48. The molecule has 0 bridgehead atoms. The van der Waals surface area contributed by atoms with E-state index in [1.807, 2.05) is 0 Å². The predicted octanol–water partition coefficient (Wildman–Crippen LogP) is 3.59. The Kier molecular flexibility index (Phi) is 4.03. The van der Waals surface area contributed by atoms with Crippen LogP contribution in [0.3, 0.4) is 0 Å². The van der Waals surface area contributed by atoms with Crippen LogP contribution in [0.1, 0.15) is 25.3 Å². The van der Waals surface area contributed by atoms with Gasteiger partial charge in [0.15, 0.2) is 0 Å². The first-order chi connectivity index (χ1) is 7.88. The summed E-state index contributed by atoms with van der Waals surface area (Å²) in [6, 6.07) is 10.5. The van der Waals surface area contributed by atoms with Crippen molar-refractivity contribution < 1.29 is 0 Å². The molecular weight excluding hydrogens is 194 g/mol. The second kappa shape index (κ2) is 5.74. The summed E-state index contributed by atoms with van der Waals surface area (Å²) < 4.78 is 0. The quantitative estimate of drug-likeness (QED) is 0.743. The van der Waals surface area contributed by atoms with Gasteiger partial charge in [-0.05, 0) is 43.0 Å². The zero-order valence-corrected chi connectivity index (χ0v) is 9.97. The van der Waals surface area contributed by atoms with Crippen LogP contribution in [0.4, 0.5) is 0 Å². The second-order valence-electron chi connectivity index (χ2n) is 4.46. The number of hydrogen-bond acceptors (Lipinski definition) is 1. The smallest absolute Gasteiger partial charge is 0.0203 e. The van der Waals surface area contributed by atoms with Crippen molar-refractivity contribution in [1.82, 2.24) is 4.90 Å². The van der Waals surface area contributed by atoms with Gasteiger partial charge in [0.05, 0.1) is 0 Å². The molecule has 1 aliphatic heterocycles. The first-order valence-electron chi connectivity index (χ1n) is 6.15. The third-order valence-electron chi connectivity index (χ3n) is 3.24. The van der Waals surface area contributed by atoms with Crippen LogP contribution in [0.5, 0.6) is 0 Å². The lowest BCUT2D eigenvalue weighted by Gasteiger charge is -2.31. The second-order valence-corrected chi connectivity index (χ2v) is 4.46. The largest absolute Gasteiger partial charge is 0.377 e. The fourth-order valence-electron chi connectivity index (χ4n) is 2.20. The summed E-state index contributed by atoms with van der Waals surface area (Å²) in [5.41, 5.74) is 1.28. The van der Waals surface area contributed by atoms with E-state index >= 15 is 0 Å². The average molecular weight is 214 g/mol. The molecule has 0 aliphatic carbocycles. The van der Waals surface area contributed by atoms with Gasteiger partial charge in [-0.2, -0.15) is 0 Å². The molecule has 1 heterocycles. The van der Waals surface area contributed by atoms with Crippen molar-refractivity contribution >= 4 is 6.08 Å². The van der Waals surface area contributed by atoms with E-state index in [4.69, 9.17) is 0 Å². The molecule has 1 saturated heterocycles. The average Bonchev–Trinajstić information content (AvgIpc) is 2.38. The minimum absolute atomic E-state index is 0.772. The zero-order valence-electron chi connectivity index (χ0n) is 9.97. The Morgan fingerprint density at radius 2 is 2.06 bits per heavy atom. The molecule has 0 aromatic heterocycles. The minimum atomic E-state index is 0.772. The SMILES string of the molecule is C[CH]C1CCCN(C=Cc2ccccc2)C1. The first kappa shape index (κ1) is 11.3. The summed E-state index contributed by atoms with van der Waals surface area (Å²) in [5, 5.41) is 0. The molecule has 1 nitrogen and oxygen atoms in total. The fraction of sp³-hybridized carbons (Fsp3) is 0.400. The van der Waals surface area contributed by atoms with Crippen LogP contribution >= 0.6 is 0 Å². The third-order valence-corrected chi connectivity index (χ3v) is 3.24. The summed E-state index contributed by atoms with van der Waals surface area (Å²) in [6.07, 6.45) is 9.45. The topological polar surface area (TPSA) is 3.24 Å². The fourth-order valence-corrected chi connectivity index (χ4v) is 2.20. The minimum Gasteiger partial charge on any atom is -0.377 e. The van der Waals surface area contributed by atoms with Crippen molar-refractivity contribution in [3.05, 3.63) is 48.5 Å². The zero-order chi connectivity index (χ0) is 11.2. The molecule has 0 saturated carbocycles. The van der Waals surface area contributed by atoms with Gasteiger partial charge in [0, 0.05) is 13.1 Å². The summed E-state index contributed by atoms with van der Waals surface area (Å²) >= 11 is 0. The molecule has 1 aromatic rings. The number of rotatable bonds is 3. The van der Waals surface area contributed by atoms with Gasteiger partial charge in [-0.15, -0.1) is 0 Å². The number of hydrogen-bond donors (Lipinski definition) is 0. The number of nitrogens with zero attached hydrogens (tertiary/aromatic N) is 1. The van der Waals surface area contributed by atoms with Crippen LogP contribution in [0.25, 0.3) is 6.08 Å². The lowest BCUT2D eigenvalue weighted by Crippen LogP contribution is -2.31. The summed E-state index contributed by atoms with van der Waals surface area (Å²) in [6.45, 7) is 4.56. The van der Waals surface area contributed by atoms with Gasteiger partial charge >= 0.3 is 0 Å². The van der Waals surface area contributed by atoms with Crippen molar-refractivity contribution in [3.63, 3.8) is 0 Å². The molecule has 1 atom stereocenters. The molecular formula is C15H20N. The highest BCUT2D eigenvalue weighted by Crippen LogP contribution is 2.19. The number of piperidine rings is 1. The van der Waals surface area contributed by atoms with E-state index < -0.39 is 0 Å². The molecule has 1 radical (unpaired) electrons. The van der Waals surface area contributed by atoms with Crippen molar-refractivity contribution in [2.24, 2.45) is 5.92 Å². The van der Waals surface area contributed by atoms with Crippen molar-refractivity contribution in [3.8, 4) is 0 Å². The van der Waals surface area contributed by atoms with Crippen molar-refractivity contribution in [2.75, 3.05) is 13.1 Å². The molecule has 1 unspecified atom stereocenters. The van der Waals surface area contributed by atoms with Gasteiger partial charge in [0.2, 0.25) is 0 Å². The molecule has 1 heteroatoms. The summed E-state index contributed by atoms with van der Waals surface area (Å²) in [7, 11) is 0. The lowest BCUT2D eigenvalue weighted by molar-refractivity contribution is 0.256. The van der Waals surface area contributed by atoms with Gasteiger partial charge in [-0.25, -0.2) is 0 Å². The Labute approximate surface area is 98.8 Å². The highest BCUT2D eigenvalue weighted by Gasteiger charge is 2.15. The van der Waals surface area contributed by atoms with Crippen LogP contribution in [0.2, 0.25) is 0 Å². The normalized spacial score (nSPS) is 21.6. The Balaban J connectivity index is 1.91. The monoisotopic (exact) mass is 214 g/mol. The maximum atomic E-state index is 2.43. The highest BCUT2D eigenvalue weighted by atomic mass is 15.1. The number of likely N-dealkylation sites (tertiary alicyclic amines) is 1. The van der Waals surface area contributed by atoms with Crippen LogP contribution in [0, 0.1) is 12.3 Å². The maximum absolute atomic E-state index is 2.43. The van der Waals surface area contributed by atoms with Crippen molar-refractivity contribution in [2.45, 2.75) is 19.8 Å². The Morgan fingerprint density at radius 1 is 1.25 bits per heavy atom. The Hall–Kier alpha value is -1.24. The molecule has 0 N–H and O–H groups in total. The maximum Gasteiger partial charge on any atom is 0.0203 e. The molecule has 1 aliphatic rings. The molecule has 2 rings (SSSR count). The van der Waals surface area contributed by atoms with Crippen LogP contribution < -0.4 is 0 Å². The first-order valence-corrected chi connectivity index (χ1v) is 6.15. The molecule has 16 heavy (non-hydrogen) atoms. The van der Waals surface area contributed by atoms with Crippen LogP contribution in [-0.2, 0) is 0 Å². The standard InChI is InChI=1S/C15H20N/c1-2-14-9-6-11-16(13-14)12-10-15-7-4-3-5-8-15/h2-5,7-8,10,12,14H,6,9,11,13H2,1H3.